The van der Waals surface area contributed by atoms with Crippen molar-refractivity contribution in [2.45, 2.75) is 6.42 Å². The third-order valence-electron chi connectivity index (χ3n) is 1.86. The lowest BCUT2D eigenvalue weighted by molar-refractivity contribution is -0.136. The van der Waals surface area contributed by atoms with E-state index in [2.05, 4.69) is 9.97 Å². The van der Waals surface area contributed by atoms with Gasteiger partial charge in [-0.1, -0.05) is 11.3 Å². The zero-order chi connectivity index (χ0) is 10.8. The van der Waals surface area contributed by atoms with E-state index in [9.17, 15) is 4.79 Å². The maximum absolute atomic E-state index is 10.6. The first-order chi connectivity index (χ1) is 7.20. The molecule has 2 rings (SSSR count). The lowest BCUT2D eigenvalue weighted by Crippen LogP contribution is -2.02. The van der Waals surface area contributed by atoms with Crippen molar-refractivity contribution in [1.82, 2.24) is 9.97 Å². The van der Waals surface area contributed by atoms with Gasteiger partial charge in [-0.3, -0.25) is 9.78 Å². The van der Waals surface area contributed by atoms with Crippen LogP contribution in [-0.2, 0) is 11.2 Å². The van der Waals surface area contributed by atoms with Crippen molar-refractivity contribution in [1.29, 1.82) is 0 Å². The summed E-state index contributed by atoms with van der Waals surface area (Å²) in [6, 6.07) is 1.79. The summed E-state index contributed by atoms with van der Waals surface area (Å²) < 4.78 is 5.88. The van der Waals surface area contributed by atoms with Gasteiger partial charge in [-0.05, 0) is 6.07 Å². The fourth-order valence-electron chi connectivity index (χ4n) is 1.25. The van der Waals surface area contributed by atoms with Crippen LogP contribution in [0.5, 0.6) is 5.19 Å². The van der Waals surface area contributed by atoms with E-state index in [-0.39, 0.29) is 6.42 Å². The van der Waals surface area contributed by atoms with Gasteiger partial charge in [0.15, 0.2) is 0 Å². The molecular formula is C9H8N2O3S. The fourth-order valence-corrected chi connectivity index (χ4v) is 2.04. The standard InChI is InChI=1S/C9H8N2O3S/c1-14-9-11-8-5(4-7(12)13)10-3-2-6(8)15-9/h2-3H,4H2,1H3,(H,12,13). The van der Waals surface area contributed by atoms with Crippen molar-refractivity contribution in [3.05, 3.63) is 18.0 Å². The zero-order valence-electron chi connectivity index (χ0n) is 7.93. The maximum atomic E-state index is 10.6. The van der Waals surface area contributed by atoms with E-state index < -0.39 is 5.97 Å². The van der Waals surface area contributed by atoms with Crippen LogP contribution in [0.4, 0.5) is 0 Å². The molecule has 0 amide bonds. The predicted molar refractivity (Wildman–Crippen MR) is 55.3 cm³/mol. The van der Waals surface area contributed by atoms with Crippen LogP contribution in [0, 0.1) is 0 Å². The number of rotatable bonds is 3. The summed E-state index contributed by atoms with van der Waals surface area (Å²) >= 11 is 1.37. The third kappa shape index (κ3) is 1.89. The van der Waals surface area contributed by atoms with Gasteiger partial charge in [0.1, 0.15) is 5.52 Å². The Morgan fingerprint density at radius 3 is 3.13 bits per heavy atom. The largest absolute Gasteiger partial charge is 0.481 e. The zero-order valence-corrected chi connectivity index (χ0v) is 8.74. The van der Waals surface area contributed by atoms with Gasteiger partial charge >= 0.3 is 5.97 Å². The van der Waals surface area contributed by atoms with Crippen LogP contribution < -0.4 is 4.74 Å². The maximum Gasteiger partial charge on any atom is 0.309 e. The highest BCUT2D eigenvalue weighted by Gasteiger charge is 2.11. The van der Waals surface area contributed by atoms with Gasteiger partial charge in [0.2, 0.25) is 0 Å². The second-order valence-corrected chi connectivity index (χ2v) is 3.85. The second kappa shape index (κ2) is 3.82. The molecule has 1 N–H and O–H groups in total. The molecular weight excluding hydrogens is 216 g/mol. The van der Waals surface area contributed by atoms with E-state index in [1.165, 1.54) is 18.4 Å². The number of aromatic nitrogens is 2. The molecule has 6 heteroatoms. The highest BCUT2D eigenvalue weighted by Crippen LogP contribution is 2.28. The summed E-state index contributed by atoms with van der Waals surface area (Å²) in [6.07, 6.45) is 1.46. The summed E-state index contributed by atoms with van der Waals surface area (Å²) in [6.45, 7) is 0. The molecule has 0 aliphatic rings. The van der Waals surface area contributed by atoms with E-state index in [4.69, 9.17) is 9.84 Å². The highest BCUT2D eigenvalue weighted by molar-refractivity contribution is 7.20. The number of thiazole rings is 1. The molecule has 78 valence electrons. The van der Waals surface area contributed by atoms with E-state index >= 15 is 0 Å². The van der Waals surface area contributed by atoms with Crippen LogP contribution in [0.15, 0.2) is 12.3 Å². The Morgan fingerprint density at radius 1 is 1.67 bits per heavy atom. The summed E-state index contributed by atoms with van der Waals surface area (Å²) in [5.41, 5.74) is 1.08. The van der Waals surface area contributed by atoms with Crippen molar-refractivity contribution in [3.8, 4) is 5.19 Å². The molecule has 15 heavy (non-hydrogen) atoms. The molecule has 0 radical (unpaired) electrons. The molecule has 2 heterocycles. The quantitative estimate of drug-likeness (QED) is 0.851. The first kappa shape index (κ1) is 9.85. The van der Waals surface area contributed by atoms with E-state index in [0.29, 0.717) is 16.4 Å². The number of carboxylic acids is 1. The number of hydrogen-bond donors (Lipinski definition) is 1. The summed E-state index contributed by atoms with van der Waals surface area (Å²) in [5.74, 6) is -0.915. The van der Waals surface area contributed by atoms with Crippen molar-refractivity contribution in [2.75, 3.05) is 7.11 Å². The first-order valence-corrected chi connectivity index (χ1v) is 5.02. The van der Waals surface area contributed by atoms with E-state index in [0.717, 1.165) is 4.70 Å². The van der Waals surface area contributed by atoms with Gasteiger partial charge < -0.3 is 9.84 Å². The Morgan fingerprint density at radius 2 is 2.47 bits per heavy atom. The number of aliphatic carboxylic acids is 1. The highest BCUT2D eigenvalue weighted by atomic mass is 32.1. The number of nitrogens with zero attached hydrogens (tertiary/aromatic N) is 2. The molecule has 0 aliphatic carbocycles. The Hall–Kier alpha value is -1.69. The van der Waals surface area contributed by atoms with Gasteiger partial charge in [0.25, 0.3) is 5.19 Å². The van der Waals surface area contributed by atoms with Crippen LogP contribution >= 0.6 is 11.3 Å². The topological polar surface area (TPSA) is 72.3 Å². The van der Waals surface area contributed by atoms with Gasteiger partial charge in [-0.25, -0.2) is 4.98 Å². The molecule has 0 saturated carbocycles. The number of carbonyl (C=O) groups is 1. The van der Waals surface area contributed by atoms with Crippen LogP contribution in [0.2, 0.25) is 0 Å². The van der Waals surface area contributed by atoms with Crippen LogP contribution in [0.3, 0.4) is 0 Å². The average molecular weight is 224 g/mol. The Kier molecular flexibility index (Phi) is 2.51. The molecule has 5 nitrogen and oxygen atoms in total. The number of fused-ring (bicyclic) bond motifs is 1. The number of pyridine rings is 1. The Balaban J connectivity index is 2.54. The van der Waals surface area contributed by atoms with Gasteiger partial charge in [0.05, 0.1) is 23.9 Å². The monoisotopic (exact) mass is 224 g/mol. The molecule has 0 fully saturated rings. The minimum atomic E-state index is -0.915. The van der Waals surface area contributed by atoms with Crippen molar-refractivity contribution < 1.29 is 14.6 Å². The molecule has 0 aliphatic heterocycles. The minimum Gasteiger partial charge on any atom is -0.481 e. The van der Waals surface area contributed by atoms with E-state index in [1.54, 1.807) is 12.3 Å². The third-order valence-corrected chi connectivity index (χ3v) is 2.84. The summed E-state index contributed by atoms with van der Waals surface area (Å²) in [4.78, 5) is 18.8. The second-order valence-electron chi connectivity index (χ2n) is 2.86. The smallest absolute Gasteiger partial charge is 0.309 e. The first-order valence-electron chi connectivity index (χ1n) is 4.21. The molecule has 0 bridgehead atoms. The van der Waals surface area contributed by atoms with Crippen LogP contribution in [0.1, 0.15) is 5.69 Å². The summed E-state index contributed by atoms with van der Waals surface area (Å²) in [5, 5.41) is 9.21. The van der Waals surface area contributed by atoms with Crippen molar-refractivity contribution in [3.63, 3.8) is 0 Å². The van der Waals surface area contributed by atoms with Crippen LogP contribution in [-0.4, -0.2) is 28.2 Å². The molecule has 0 spiro atoms. The molecule has 2 aromatic heterocycles. The van der Waals surface area contributed by atoms with Gasteiger partial charge in [-0.2, -0.15) is 0 Å². The number of ether oxygens (including phenoxy) is 1. The molecule has 2 aromatic rings. The lowest BCUT2D eigenvalue weighted by Gasteiger charge is -1.95. The fraction of sp³-hybridized carbons (Fsp3) is 0.222. The van der Waals surface area contributed by atoms with Crippen molar-refractivity contribution >= 4 is 27.5 Å². The minimum absolute atomic E-state index is 0.121. The Bertz CT molecular complexity index is 509. The van der Waals surface area contributed by atoms with Crippen LogP contribution in [0.25, 0.3) is 10.2 Å². The van der Waals surface area contributed by atoms with E-state index in [1.807, 2.05) is 0 Å². The van der Waals surface area contributed by atoms with Gasteiger partial charge in [0, 0.05) is 6.20 Å². The Labute approximate surface area is 89.4 Å². The molecule has 0 atom stereocenters. The SMILES string of the molecule is COc1nc2c(CC(=O)O)nccc2s1. The van der Waals surface area contributed by atoms with Gasteiger partial charge in [-0.15, -0.1) is 0 Å². The normalized spacial score (nSPS) is 10.5. The van der Waals surface area contributed by atoms with Crippen molar-refractivity contribution in [2.24, 2.45) is 0 Å². The number of carboxylic acid groups (broad SMARTS) is 1. The average Bonchev–Trinajstić information content (AvgIpc) is 2.61. The number of methoxy groups -OCH3 is 1. The molecule has 0 aromatic carbocycles. The molecule has 0 saturated heterocycles. The number of hydrogen-bond acceptors (Lipinski definition) is 5. The predicted octanol–water partition coefficient (Wildman–Crippen LogP) is 1.33. The lowest BCUT2D eigenvalue weighted by atomic mass is 10.2. The summed E-state index contributed by atoms with van der Waals surface area (Å²) in [7, 11) is 1.53. The molecule has 0 unspecified atom stereocenters.